The first kappa shape index (κ1) is 20.6. The second-order valence-electron chi connectivity index (χ2n) is 9.05. The predicted octanol–water partition coefficient (Wildman–Crippen LogP) is 4.08. The van der Waals surface area contributed by atoms with Gasteiger partial charge in [0.1, 0.15) is 11.4 Å². The van der Waals surface area contributed by atoms with Crippen LogP contribution in [0.3, 0.4) is 0 Å². The molecule has 5 rings (SSSR count). The van der Waals surface area contributed by atoms with Crippen molar-refractivity contribution in [2.24, 2.45) is 0 Å². The number of nitrogens with one attached hydrogen (secondary N) is 1. The quantitative estimate of drug-likeness (QED) is 0.797. The van der Waals surface area contributed by atoms with E-state index in [0.717, 1.165) is 50.0 Å². The molecule has 3 aliphatic rings. The molecule has 2 fully saturated rings. The maximum absolute atomic E-state index is 13.3. The summed E-state index contributed by atoms with van der Waals surface area (Å²) in [5, 5.41) is 13.0. The summed E-state index contributed by atoms with van der Waals surface area (Å²) in [5.74, 6) is -0.157. The van der Waals surface area contributed by atoms with Gasteiger partial charge in [0.15, 0.2) is 0 Å². The summed E-state index contributed by atoms with van der Waals surface area (Å²) in [6, 6.07) is 19.0. The number of amides is 1. The highest BCUT2D eigenvalue weighted by atomic mass is 19.1. The van der Waals surface area contributed by atoms with Crippen molar-refractivity contribution in [1.29, 1.82) is 5.26 Å². The topological polar surface area (TPSA) is 59.4 Å². The van der Waals surface area contributed by atoms with Gasteiger partial charge in [-0.1, -0.05) is 36.4 Å². The van der Waals surface area contributed by atoms with E-state index >= 15 is 0 Å². The molecule has 2 aromatic rings. The molecule has 6 heteroatoms. The Hall–Kier alpha value is -3.33. The lowest BCUT2D eigenvalue weighted by Gasteiger charge is -2.45. The van der Waals surface area contributed by atoms with Crippen molar-refractivity contribution >= 4 is 11.6 Å². The highest BCUT2D eigenvalue weighted by Crippen LogP contribution is 2.42. The summed E-state index contributed by atoms with van der Waals surface area (Å²) in [7, 11) is 0. The van der Waals surface area contributed by atoms with Gasteiger partial charge in [0, 0.05) is 24.5 Å². The van der Waals surface area contributed by atoms with E-state index in [1.807, 2.05) is 18.2 Å². The number of hydrogen-bond donors (Lipinski definition) is 1. The number of para-hydroxylation sites is 1. The van der Waals surface area contributed by atoms with Crippen molar-refractivity contribution in [3.8, 4) is 6.07 Å². The minimum absolute atomic E-state index is 0.124. The van der Waals surface area contributed by atoms with Gasteiger partial charge in [0.2, 0.25) is 5.91 Å². The SMILES string of the molecule is N#CC1(c2ccc(F)cc2)CC=C(N2CCC3(CC2)C(=O)NCN3c2ccccc2)CC1. The molecule has 164 valence electrons. The molecule has 2 aromatic carbocycles. The fourth-order valence-corrected chi connectivity index (χ4v) is 5.52. The lowest BCUT2D eigenvalue weighted by molar-refractivity contribution is -0.125. The Morgan fingerprint density at radius 2 is 1.72 bits per heavy atom. The van der Waals surface area contributed by atoms with Crippen molar-refractivity contribution in [3.05, 3.63) is 77.8 Å². The number of nitrogens with zero attached hydrogens (tertiary/aromatic N) is 3. The van der Waals surface area contributed by atoms with E-state index in [0.29, 0.717) is 13.1 Å². The van der Waals surface area contributed by atoms with Crippen LogP contribution < -0.4 is 10.2 Å². The molecular formula is C26H27FN4O. The van der Waals surface area contributed by atoms with Crippen LogP contribution in [0.1, 0.15) is 37.7 Å². The molecule has 2 heterocycles. The summed E-state index contributed by atoms with van der Waals surface area (Å²) < 4.78 is 13.3. The van der Waals surface area contributed by atoms with E-state index < -0.39 is 11.0 Å². The third-order valence-electron chi connectivity index (χ3n) is 7.51. The Morgan fingerprint density at radius 3 is 2.34 bits per heavy atom. The number of carbonyl (C=O) groups excluding carboxylic acids is 1. The van der Waals surface area contributed by atoms with Crippen LogP contribution in [0.2, 0.25) is 0 Å². The molecule has 1 amide bonds. The average Bonchev–Trinajstić information content (AvgIpc) is 3.16. The third kappa shape index (κ3) is 3.33. The monoisotopic (exact) mass is 430 g/mol. The largest absolute Gasteiger partial charge is 0.375 e. The van der Waals surface area contributed by atoms with E-state index in [-0.39, 0.29) is 11.7 Å². The number of carbonyl (C=O) groups is 1. The van der Waals surface area contributed by atoms with E-state index in [1.165, 1.54) is 17.8 Å². The lowest BCUT2D eigenvalue weighted by Crippen LogP contribution is -2.56. The summed E-state index contributed by atoms with van der Waals surface area (Å²) in [5.41, 5.74) is 2.14. The van der Waals surface area contributed by atoms with Crippen LogP contribution in [-0.2, 0) is 10.2 Å². The molecule has 1 N–H and O–H groups in total. The van der Waals surface area contributed by atoms with Gasteiger partial charge in [-0.25, -0.2) is 4.39 Å². The summed E-state index contributed by atoms with van der Waals surface area (Å²) in [4.78, 5) is 17.5. The molecule has 0 aromatic heterocycles. The molecule has 0 radical (unpaired) electrons. The van der Waals surface area contributed by atoms with Gasteiger partial charge >= 0.3 is 0 Å². The zero-order valence-electron chi connectivity index (χ0n) is 18.1. The number of piperidine rings is 1. The lowest BCUT2D eigenvalue weighted by atomic mass is 9.72. The van der Waals surface area contributed by atoms with Crippen LogP contribution in [0.25, 0.3) is 0 Å². The van der Waals surface area contributed by atoms with Gasteiger partial charge in [-0.2, -0.15) is 5.26 Å². The first-order chi connectivity index (χ1) is 15.6. The van der Waals surface area contributed by atoms with Crippen molar-refractivity contribution in [2.45, 2.75) is 43.1 Å². The molecule has 1 atom stereocenters. The molecule has 5 nitrogen and oxygen atoms in total. The number of hydrogen-bond acceptors (Lipinski definition) is 4. The van der Waals surface area contributed by atoms with E-state index in [1.54, 1.807) is 12.1 Å². The molecule has 2 saturated heterocycles. The van der Waals surface area contributed by atoms with Crippen LogP contribution in [0.5, 0.6) is 0 Å². The summed E-state index contributed by atoms with van der Waals surface area (Å²) >= 11 is 0. The van der Waals surface area contributed by atoms with Crippen LogP contribution >= 0.6 is 0 Å². The second-order valence-corrected chi connectivity index (χ2v) is 9.05. The fraction of sp³-hybridized carbons (Fsp3) is 0.385. The fourth-order valence-electron chi connectivity index (χ4n) is 5.52. The number of halogens is 1. The minimum Gasteiger partial charge on any atom is -0.375 e. The normalized spacial score (nSPS) is 24.8. The number of nitriles is 1. The standard InChI is InChI=1S/C26H27FN4O/c27-21-8-6-20(7-9-21)25(18-28)12-10-22(11-13-25)30-16-14-26(15-17-30)24(32)29-19-31(26)23-4-2-1-3-5-23/h1-10H,11-17,19H2,(H,29,32). The minimum atomic E-state index is -0.594. The van der Waals surface area contributed by atoms with Gasteiger partial charge in [-0.15, -0.1) is 0 Å². The van der Waals surface area contributed by atoms with Gasteiger partial charge in [-0.05, 0) is 61.9 Å². The Bertz CT molecular complexity index is 1070. The number of benzene rings is 2. The Labute approximate surface area is 188 Å². The number of likely N-dealkylation sites (tertiary alicyclic amines) is 1. The molecule has 2 aliphatic heterocycles. The van der Waals surface area contributed by atoms with Crippen molar-refractivity contribution in [1.82, 2.24) is 10.2 Å². The number of anilines is 1. The van der Waals surface area contributed by atoms with Gasteiger partial charge in [0.05, 0.1) is 18.2 Å². The molecule has 1 unspecified atom stereocenters. The maximum atomic E-state index is 13.3. The first-order valence-corrected chi connectivity index (χ1v) is 11.3. The summed E-state index contributed by atoms with van der Waals surface area (Å²) in [6.07, 6.45) is 5.88. The van der Waals surface area contributed by atoms with Crippen LogP contribution in [0, 0.1) is 17.1 Å². The number of rotatable bonds is 3. The predicted molar refractivity (Wildman–Crippen MR) is 121 cm³/mol. The second kappa shape index (κ2) is 7.98. The molecule has 1 aliphatic carbocycles. The third-order valence-corrected chi connectivity index (χ3v) is 7.51. The van der Waals surface area contributed by atoms with Crippen LogP contribution in [0.15, 0.2) is 66.4 Å². The highest BCUT2D eigenvalue weighted by molar-refractivity contribution is 5.93. The van der Waals surface area contributed by atoms with Crippen molar-refractivity contribution in [2.75, 3.05) is 24.7 Å². The Balaban J connectivity index is 1.30. The van der Waals surface area contributed by atoms with E-state index in [9.17, 15) is 14.4 Å². The molecule has 1 spiro atoms. The zero-order valence-corrected chi connectivity index (χ0v) is 18.1. The van der Waals surface area contributed by atoms with Crippen molar-refractivity contribution in [3.63, 3.8) is 0 Å². The zero-order chi connectivity index (χ0) is 22.2. The Morgan fingerprint density at radius 1 is 1.00 bits per heavy atom. The number of allylic oxidation sites excluding steroid dienone is 2. The van der Waals surface area contributed by atoms with Gasteiger partial charge in [0.25, 0.3) is 0 Å². The molecule has 0 saturated carbocycles. The molecular weight excluding hydrogens is 403 g/mol. The van der Waals surface area contributed by atoms with Crippen LogP contribution in [-0.4, -0.2) is 36.1 Å². The maximum Gasteiger partial charge on any atom is 0.247 e. The smallest absolute Gasteiger partial charge is 0.247 e. The van der Waals surface area contributed by atoms with Crippen LogP contribution in [0.4, 0.5) is 10.1 Å². The van der Waals surface area contributed by atoms with Crippen molar-refractivity contribution < 1.29 is 9.18 Å². The van der Waals surface area contributed by atoms with Gasteiger partial charge < -0.3 is 15.1 Å². The van der Waals surface area contributed by atoms with E-state index in [2.05, 4.69) is 39.4 Å². The average molecular weight is 431 g/mol. The van der Waals surface area contributed by atoms with Gasteiger partial charge in [-0.3, -0.25) is 4.79 Å². The highest BCUT2D eigenvalue weighted by Gasteiger charge is 2.50. The Kier molecular flexibility index (Phi) is 5.13. The first-order valence-electron chi connectivity index (χ1n) is 11.3. The molecule has 0 bridgehead atoms. The van der Waals surface area contributed by atoms with E-state index in [4.69, 9.17) is 0 Å². The molecule has 32 heavy (non-hydrogen) atoms. The summed E-state index contributed by atoms with van der Waals surface area (Å²) in [6.45, 7) is 2.19.